The van der Waals surface area contributed by atoms with Gasteiger partial charge >= 0.3 is 7.12 Å². The number of nitrogens with zero attached hydrogens (tertiary/aromatic N) is 1. The molecule has 1 aliphatic heterocycles. The first-order chi connectivity index (χ1) is 10.6. The number of pyridine rings is 1. The van der Waals surface area contributed by atoms with Gasteiger partial charge in [-0.3, -0.25) is 9.78 Å². The topological polar surface area (TPSA) is 60.5 Å². The second-order valence-electron chi connectivity index (χ2n) is 6.62. The number of aromatic nitrogens is 1. The molecule has 2 heterocycles. The minimum atomic E-state index is -0.548. The molecular weight excluding hydrogens is 314 g/mol. The summed E-state index contributed by atoms with van der Waals surface area (Å²) >= 11 is 6.00. The predicted molar refractivity (Wildman–Crippen MR) is 92.0 cm³/mol. The van der Waals surface area contributed by atoms with Crippen LogP contribution in [0.5, 0.6) is 0 Å². The lowest BCUT2D eigenvalue weighted by Crippen LogP contribution is -2.41. The third kappa shape index (κ3) is 4.34. The van der Waals surface area contributed by atoms with Crippen LogP contribution < -0.4 is 5.32 Å². The number of carbonyl (C=O) groups is 1. The third-order valence-electron chi connectivity index (χ3n) is 4.17. The molecule has 0 spiro atoms. The molecule has 1 N–H and O–H groups in total. The molecule has 1 saturated heterocycles. The molecule has 1 aromatic rings. The van der Waals surface area contributed by atoms with Crippen LogP contribution in [0, 0.1) is 0 Å². The van der Waals surface area contributed by atoms with Crippen molar-refractivity contribution in [3.05, 3.63) is 34.5 Å². The van der Waals surface area contributed by atoms with Crippen LogP contribution >= 0.6 is 11.6 Å². The smallest absolute Gasteiger partial charge is 0.400 e. The summed E-state index contributed by atoms with van der Waals surface area (Å²) in [5.41, 5.74) is 0.574. The summed E-state index contributed by atoms with van der Waals surface area (Å²) in [4.78, 5) is 15.5. The third-order valence-corrected chi connectivity index (χ3v) is 4.41. The first-order valence-electron chi connectivity index (χ1n) is 7.53. The Bertz CT molecular complexity index is 616. The van der Waals surface area contributed by atoms with Gasteiger partial charge in [-0.05, 0) is 51.4 Å². The number of nitrogens with one attached hydrogen (secondary N) is 1. The molecule has 0 radical (unpaired) electrons. The highest BCUT2D eigenvalue weighted by atomic mass is 35.5. The van der Waals surface area contributed by atoms with E-state index in [1.54, 1.807) is 18.3 Å². The van der Waals surface area contributed by atoms with Gasteiger partial charge < -0.3 is 14.6 Å². The second-order valence-corrected chi connectivity index (χ2v) is 7.05. The molecule has 1 aromatic heterocycles. The van der Waals surface area contributed by atoms with Crippen molar-refractivity contribution in [1.29, 1.82) is 0 Å². The lowest BCUT2D eigenvalue weighted by molar-refractivity contribution is -0.118. The Labute approximate surface area is 142 Å². The van der Waals surface area contributed by atoms with Gasteiger partial charge in [0.25, 0.3) is 0 Å². The van der Waals surface area contributed by atoms with Crippen molar-refractivity contribution >= 4 is 30.7 Å². The summed E-state index contributed by atoms with van der Waals surface area (Å²) in [5.74, 6) is -0.119. The van der Waals surface area contributed by atoms with Crippen LogP contribution in [0.4, 0.5) is 0 Å². The lowest BCUT2D eigenvalue weighted by Gasteiger charge is -2.32. The van der Waals surface area contributed by atoms with Gasteiger partial charge in [0.1, 0.15) is 0 Å². The number of amides is 1. The van der Waals surface area contributed by atoms with E-state index in [0.29, 0.717) is 17.3 Å². The monoisotopic (exact) mass is 336 g/mol. The van der Waals surface area contributed by atoms with Crippen molar-refractivity contribution in [3.63, 3.8) is 0 Å². The maximum atomic E-state index is 11.3. The van der Waals surface area contributed by atoms with Crippen LogP contribution in [0.3, 0.4) is 0 Å². The largest absolute Gasteiger partial charge is 0.492 e. The van der Waals surface area contributed by atoms with E-state index in [9.17, 15) is 4.79 Å². The highest BCUT2D eigenvalue weighted by molar-refractivity contribution is 6.56. The number of hydrogen-bond donors (Lipinski definition) is 1. The maximum absolute atomic E-state index is 11.3. The van der Waals surface area contributed by atoms with Gasteiger partial charge in [0.2, 0.25) is 5.91 Å². The van der Waals surface area contributed by atoms with Crippen molar-refractivity contribution < 1.29 is 14.1 Å². The van der Waals surface area contributed by atoms with Crippen molar-refractivity contribution in [2.24, 2.45) is 0 Å². The first kappa shape index (κ1) is 18.0. The Morgan fingerprint density at radius 1 is 1.35 bits per heavy atom. The van der Waals surface area contributed by atoms with E-state index in [2.05, 4.69) is 10.3 Å². The molecular formula is C16H22BClN2O3. The molecule has 1 aliphatic rings. The van der Waals surface area contributed by atoms with Crippen LogP contribution in [-0.4, -0.2) is 35.8 Å². The molecule has 0 atom stereocenters. The molecule has 5 nitrogen and oxygen atoms in total. The Hall–Kier alpha value is -1.37. The molecule has 0 unspecified atom stereocenters. The zero-order chi connectivity index (χ0) is 17.3. The number of carbonyl (C=O) groups excluding carboxylic acids is 1. The summed E-state index contributed by atoms with van der Waals surface area (Å²) in [6.45, 7) is 9.74. The summed E-state index contributed by atoms with van der Waals surface area (Å²) in [5, 5.41) is 3.38. The zero-order valence-electron chi connectivity index (χ0n) is 14.1. The van der Waals surface area contributed by atoms with E-state index in [1.807, 2.05) is 33.8 Å². The molecule has 0 bridgehead atoms. The average molecular weight is 337 g/mol. The summed E-state index contributed by atoms with van der Waals surface area (Å²) < 4.78 is 12.1. The van der Waals surface area contributed by atoms with Crippen LogP contribution in [0.1, 0.15) is 40.3 Å². The number of hydrogen-bond acceptors (Lipinski definition) is 4. The summed E-state index contributed by atoms with van der Waals surface area (Å²) in [7, 11) is -0.548. The van der Waals surface area contributed by atoms with E-state index in [-0.39, 0.29) is 5.91 Å². The minimum Gasteiger partial charge on any atom is -0.400 e. The standard InChI is InChI=1S/C16H22BClN2O3/c1-11(21)20-10-12(8-14-9-13(18)6-7-19-14)17-22-15(2,3)16(4,5)23-17/h6-9H,10H2,1-5H3,(H,20,21). The average Bonchev–Trinajstić information content (AvgIpc) is 2.63. The fourth-order valence-electron chi connectivity index (χ4n) is 2.11. The zero-order valence-corrected chi connectivity index (χ0v) is 14.9. The SMILES string of the molecule is CC(=O)NCC(=Cc1cc(Cl)ccn1)B1OC(C)(C)C(C)(C)O1. The Balaban J connectivity index is 2.30. The van der Waals surface area contributed by atoms with Gasteiger partial charge in [-0.2, -0.15) is 0 Å². The Morgan fingerprint density at radius 3 is 2.48 bits per heavy atom. The van der Waals surface area contributed by atoms with Gasteiger partial charge in [0.05, 0.1) is 16.9 Å². The highest BCUT2D eigenvalue weighted by Gasteiger charge is 2.52. The van der Waals surface area contributed by atoms with Gasteiger partial charge in [0, 0.05) is 24.7 Å². The number of halogens is 1. The quantitative estimate of drug-likeness (QED) is 0.859. The molecule has 23 heavy (non-hydrogen) atoms. The van der Waals surface area contributed by atoms with Crippen LogP contribution in [-0.2, 0) is 14.1 Å². The van der Waals surface area contributed by atoms with Crippen LogP contribution in [0.2, 0.25) is 5.02 Å². The second kappa shape index (κ2) is 6.63. The van der Waals surface area contributed by atoms with Crippen molar-refractivity contribution in [2.75, 3.05) is 6.54 Å². The van der Waals surface area contributed by atoms with Crippen LogP contribution in [0.15, 0.2) is 23.8 Å². The summed E-state index contributed by atoms with van der Waals surface area (Å²) in [6.07, 6.45) is 3.47. The predicted octanol–water partition coefficient (Wildman–Crippen LogP) is 2.89. The normalized spacial score (nSPS) is 19.7. The van der Waals surface area contributed by atoms with Crippen molar-refractivity contribution in [2.45, 2.75) is 45.8 Å². The fraction of sp³-hybridized carbons (Fsp3) is 0.500. The summed E-state index contributed by atoms with van der Waals surface area (Å²) in [6, 6.07) is 3.46. The molecule has 1 amide bonds. The van der Waals surface area contributed by atoms with E-state index in [0.717, 1.165) is 5.47 Å². The van der Waals surface area contributed by atoms with E-state index >= 15 is 0 Å². The molecule has 124 valence electrons. The van der Waals surface area contributed by atoms with Gasteiger partial charge in [-0.25, -0.2) is 0 Å². The maximum Gasteiger partial charge on any atom is 0.492 e. The molecule has 0 aliphatic carbocycles. The van der Waals surface area contributed by atoms with Gasteiger partial charge in [-0.15, -0.1) is 0 Å². The molecule has 7 heteroatoms. The minimum absolute atomic E-state index is 0.119. The van der Waals surface area contributed by atoms with Gasteiger partial charge in [0.15, 0.2) is 0 Å². The molecule has 0 saturated carbocycles. The van der Waals surface area contributed by atoms with E-state index in [1.165, 1.54) is 6.92 Å². The highest BCUT2D eigenvalue weighted by Crippen LogP contribution is 2.38. The Morgan fingerprint density at radius 2 is 1.96 bits per heavy atom. The van der Waals surface area contributed by atoms with Gasteiger partial charge in [-0.1, -0.05) is 11.6 Å². The fourth-order valence-corrected chi connectivity index (χ4v) is 2.28. The first-order valence-corrected chi connectivity index (χ1v) is 7.91. The Kier molecular flexibility index (Phi) is 5.18. The van der Waals surface area contributed by atoms with E-state index < -0.39 is 18.3 Å². The van der Waals surface area contributed by atoms with Crippen molar-refractivity contribution in [1.82, 2.24) is 10.3 Å². The molecule has 2 rings (SSSR count). The molecule has 0 aromatic carbocycles. The van der Waals surface area contributed by atoms with E-state index in [4.69, 9.17) is 20.9 Å². The molecule has 1 fully saturated rings. The lowest BCUT2D eigenvalue weighted by atomic mass is 9.77. The van der Waals surface area contributed by atoms with Crippen molar-refractivity contribution in [3.8, 4) is 0 Å². The van der Waals surface area contributed by atoms with Crippen LogP contribution in [0.25, 0.3) is 6.08 Å². The number of rotatable bonds is 4.